The highest BCUT2D eigenvalue weighted by Gasteiger charge is 2.37. The minimum atomic E-state index is -0.230. The van der Waals surface area contributed by atoms with Crippen LogP contribution >= 0.6 is 11.6 Å². The molecule has 1 fully saturated rings. The molecule has 6 heteroatoms. The fourth-order valence-corrected chi connectivity index (χ4v) is 5.83. The van der Waals surface area contributed by atoms with Crippen LogP contribution in [-0.4, -0.2) is 33.4 Å². The van der Waals surface area contributed by atoms with Gasteiger partial charge in [0.15, 0.2) is 0 Å². The van der Waals surface area contributed by atoms with Crippen LogP contribution in [0.3, 0.4) is 0 Å². The number of nitrogens with zero attached hydrogens (tertiary/aromatic N) is 2. The third kappa shape index (κ3) is 3.06. The molecule has 1 amide bonds. The van der Waals surface area contributed by atoms with Gasteiger partial charge in [0.05, 0.1) is 5.92 Å². The predicted octanol–water partition coefficient (Wildman–Crippen LogP) is 4.89. The second kappa shape index (κ2) is 7.24. The summed E-state index contributed by atoms with van der Waals surface area (Å²) in [4.78, 5) is 31.2. The highest BCUT2D eigenvalue weighted by Crippen LogP contribution is 2.36. The summed E-state index contributed by atoms with van der Waals surface area (Å²) >= 11 is 6.18. The van der Waals surface area contributed by atoms with Crippen LogP contribution in [0.5, 0.6) is 0 Å². The normalized spacial score (nSPS) is 21.0. The first kappa shape index (κ1) is 19.6. The molecular weight excluding hydrogens is 422 g/mol. The van der Waals surface area contributed by atoms with E-state index in [0.717, 1.165) is 39.5 Å². The molecule has 5 nitrogen and oxygen atoms in total. The third-order valence-electron chi connectivity index (χ3n) is 7.25. The van der Waals surface area contributed by atoms with E-state index in [0.29, 0.717) is 30.6 Å². The van der Waals surface area contributed by atoms with E-state index in [4.69, 9.17) is 11.6 Å². The van der Waals surface area contributed by atoms with Crippen LogP contribution < -0.4 is 5.56 Å². The van der Waals surface area contributed by atoms with Gasteiger partial charge in [-0.25, -0.2) is 0 Å². The van der Waals surface area contributed by atoms with Crippen LogP contribution in [0, 0.1) is 5.92 Å². The van der Waals surface area contributed by atoms with Crippen molar-refractivity contribution >= 4 is 39.3 Å². The topological polar surface area (TPSA) is 58.1 Å². The monoisotopic (exact) mass is 445 g/mol. The number of hydrogen-bond acceptors (Lipinski definition) is 2. The molecule has 32 heavy (non-hydrogen) atoms. The molecule has 0 radical (unpaired) electrons. The van der Waals surface area contributed by atoms with E-state index >= 15 is 0 Å². The maximum Gasteiger partial charge on any atom is 0.250 e. The Morgan fingerprint density at radius 3 is 2.78 bits per heavy atom. The summed E-state index contributed by atoms with van der Waals surface area (Å²) in [5.41, 5.74) is 4.20. The average Bonchev–Trinajstić information content (AvgIpc) is 3.15. The third-order valence-corrected chi connectivity index (χ3v) is 7.48. The molecule has 2 bridgehead atoms. The van der Waals surface area contributed by atoms with Gasteiger partial charge in [-0.15, -0.1) is 0 Å². The molecule has 0 saturated carbocycles. The molecule has 0 spiro atoms. The zero-order valence-electron chi connectivity index (χ0n) is 17.8. The molecular formula is C26H24ClN3O2. The Balaban J connectivity index is 1.29. The number of aromatic amines is 1. The highest BCUT2D eigenvalue weighted by atomic mass is 35.5. The molecule has 1 saturated heterocycles. The number of carbonyl (C=O) groups is 1. The van der Waals surface area contributed by atoms with Crippen molar-refractivity contribution in [3.8, 4) is 0 Å². The van der Waals surface area contributed by atoms with Crippen molar-refractivity contribution in [2.45, 2.75) is 31.7 Å². The maximum atomic E-state index is 13.5. The van der Waals surface area contributed by atoms with Crippen molar-refractivity contribution in [2.75, 3.05) is 13.1 Å². The van der Waals surface area contributed by atoms with Crippen molar-refractivity contribution in [3.05, 3.63) is 81.2 Å². The standard InChI is InChI=1S/C26H24ClN3O2/c1-15(17-5-7-20-21-11-19(27)6-8-22(21)28-23(20)10-17)26(32)29-12-16-9-18(14-29)24-3-2-4-25(31)30(24)13-16/h2-8,10-11,15-16,18,28H,9,12-14H2,1H3/t15-,16-,18-/m0/s1. The van der Waals surface area contributed by atoms with Crippen LogP contribution in [0.15, 0.2) is 59.4 Å². The number of carbonyl (C=O) groups excluding carboxylic acids is 1. The molecule has 2 aliphatic rings. The molecule has 3 atom stereocenters. The number of halogens is 1. The lowest BCUT2D eigenvalue weighted by Crippen LogP contribution is -2.50. The predicted molar refractivity (Wildman–Crippen MR) is 127 cm³/mol. The summed E-state index contributed by atoms with van der Waals surface area (Å²) in [7, 11) is 0. The van der Waals surface area contributed by atoms with Gasteiger partial charge in [-0.05, 0) is 55.2 Å². The van der Waals surface area contributed by atoms with Crippen molar-refractivity contribution < 1.29 is 4.79 Å². The Labute approximate surface area is 190 Å². The summed E-state index contributed by atoms with van der Waals surface area (Å²) < 4.78 is 1.90. The molecule has 0 unspecified atom stereocenters. The number of rotatable bonds is 2. The second-order valence-corrected chi connectivity index (χ2v) is 9.72. The van der Waals surface area contributed by atoms with Crippen molar-refractivity contribution in [1.82, 2.24) is 14.5 Å². The molecule has 2 aliphatic heterocycles. The number of piperidine rings is 1. The zero-order valence-corrected chi connectivity index (χ0v) is 18.6. The number of fused-ring (bicyclic) bond motifs is 7. The number of H-pyrrole nitrogens is 1. The summed E-state index contributed by atoms with van der Waals surface area (Å²) in [6.45, 7) is 4.09. The van der Waals surface area contributed by atoms with Crippen LogP contribution in [0.1, 0.15) is 36.4 Å². The number of pyridine rings is 1. The van der Waals surface area contributed by atoms with Gasteiger partial charge in [-0.1, -0.05) is 29.8 Å². The smallest absolute Gasteiger partial charge is 0.250 e. The van der Waals surface area contributed by atoms with Crippen molar-refractivity contribution in [3.63, 3.8) is 0 Å². The maximum absolute atomic E-state index is 13.5. The summed E-state index contributed by atoms with van der Waals surface area (Å²) in [5, 5.41) is 2.92. The SMILES string of the molecule is C[C@H](C(=O)N1C[C@@H]2C[C@@H](C1)c1cccc(=O)n1C2)c1ccc2c(c1)[nH]c1ccc(Cl)cc12. The summed E-state index contributed by atoms with van der Waals surface area (Å²) in [6.07, 6.45) is 1.05. The fourth-order valence-electron chi connectivity index (χ4n) is 5.66. The molecule has 1 N–H and O–H groups in total. The molecule has 2 aromatic carbocycles. The molecule has 4 aromatic rings. The molecule has 0 aliphatic carbocycles. The van der Waals surface area contributed by atoms with E-state index < -0.39 is 0 Å². The second-order valence-electron chi connectivity index (χ2n) is 9.28. The molecule has 4 heterocycles. The Morgan fingerprint density at radius 1 is 1.03 bits per heavy atom. The lowest BCUT2D eigenvalue weighted by atomic mass is 9.82. The number of hydrogen-bond donors (Lipinski definition) is 1. The fraction of sp³-hybridized carbons (Fsp3) is 0.308. The largest absolute Gasteiger partial charge is 0.355 e. The van der Waals surface area contributed by atoms with Gasteiger partial charge in [0.1, 0.15) is 0 Å². The first-order chi connectivity index (χ1) is 15.5. The summed E-state index contributed by atoms with van der Waals surface area (Å²) in [6, 6.07) is 17.6. The van der Waals surface area contributed by atoms with Crippen LogP contribution in [0.2, 0.25) is 5.02 Å². The Morgan fingerprint density at radius 2 is 1.91 bits per heavy atom. The van der Waals surface area contributed by atoms with Crippen molar-refractivity contribution in [1.29, 1.82) is 0 Å². The van der Waals surface area contributed by atoms with E-state index in [-0.39, 0.29) is 23.3 Å². The van der Waals surface area contributed by atoms with E-state index in [1.54, 1.807) is 6.07 Å². The van der Waals surface area contributed by atoms with Gasteiger partial charge in [0.2, 0.25) is 5.91 Å². The minimum Gasteiger partial charge on any atom is -0.355 e. The lowest BCUT2D eigenvalue weighted by Gasteiger charge is -2.43. The van der Waals surface area contributed by atoms with Gasteiger partial charge in [0.25, 0.3) is 5.56 Å². The van der Waals surface area contributed by atoms with Gasteiger partial charge in [0, 0.05) is 64.1 Å². The average molecular weight is 446 g/mol. The van der Waals surface area contributed by atoms with E-state index in [1.165, 1.54) is 0 Å². The van der Waals surface area contributed by atoms with E-state index in [9.17, 15) is 9.59 Å². The minimum absolute atomic E-state index is 0.0678. The van der Waals surface area contributed by atoms with Crippen molar-refractivity contribution in [2.24, 2.45) is 5.92 Å². The lowest BCUT2D eigenvalue weighted by molar-refractivity contribution is -0.135. The zero-order chi connectivity index (χ0) is 22.0. The van der Waals surface area contributed by atoms with Crippen LogP contribution in [0.4, 0.5) is 0 Å². The molecule has 162 valence electrons. The first-order valence-electron chi connectivity index (χ1n) is 11.2. The Bertz CT molecular complexity index is 1440. The van der Waals surface area contributed by atoms with E-state index in [2.05, 4.69) is 23.2 Å². The quantitative estimate of drug-likeness (QED) is 0.477. The Hall–Kier alpha value is -3.05. The first-order valence-corrected chi connectivity index (χ1v) is 11.5. The van der Waals surface area contributed by atoms with Gasteiger partial charge >= 0.3 is 0 Å². The number of benzene rings is 2. The Kier molecular flexibility index (Phi) is 4.44. The van der Waals surface area contributed by atoms with E-state index in [1.807, 2.05) is 46.7 Å². The highest BCUT2D eigenvalue weighted by molar-refractivity contribution is 6.31. The number of amides is 1. The van der Waals surface area contributed by atoms with Gasteiger partial charge < -0.3 is 14.5 Å². The summed E-state index contributed by atoms with van der Waals surface area (Å²) in [5.74, 6) is 0.489. The number of aromatic nitrogens is 2. The molecule has 6 rings (SSSR count). The van der Waals surface area contributed by atoms with Crippen LogP contribution in [-0.2, 0) is 11.3 Å². The van der Waals surface area contributed by atoms with Crippen LogP contribution in [0.25, 0.3) is 21.8 Å². The number of likely N-dealkylation sites (tertiary alicyclic amines) is 1. The molecule has 2 aromatic heterocycles. The van der Waals surface area contributed by atoms with Gasteiger partial charge in [-0.2, -0.15) is 0 Å². The number of nitrogens with one attached hydrogen (secondary N) is 1. The van der Waals surface area contributed by atoms with Gasteiger partial charge in [-0.3, -0.25) is 9.59 Å².